The molecule has 1 saturated heterocycles. The van der Waals surface area contributed by atoms with Gasteiger partial charge in [0.25, 0.3) is 5.69 Å². The van der Waals surface area contributed by atoms with Gasteiger partial charge in [0.1, 0.15) is 6.61 Å². The molecule has 5 atom stereocenters. The monoisotopic (exact) mass is 429 g/mol. The van der Waals surface area contributed by atoms with Crippen LogP contribution in [0.3, 0.4) is 0 Å². The molecule has 1 saturated carbocycles. The summed E-state index contributed by atoms with van der Waals surface area (Å²) in [5.74, 6) is -2.00. The molecule has 1 aliphatic heterocycles. The van der Waals surface area contributed by atoms with Crippen LogP contribution in [0.2, 0.25) is 0 Å². The van der Waals surface area contributed by atoms with Crippen LogP contribution in [-0.4, -0.2) is 35.7 Å². The predicted octanol–water partition coefficient (Wildman–Crippen LogP) is 2.13. The topological polar surface area (TPSA) is 104 Å². The normalized spacial score (nSPS) is 32.6. The maximum Gasteiger partial charge on any atom is 0.311 e. The Morgan fingerprint density at radius 3 is 2.52 bits per heavy atom. The zero-order valence-corrected chi connectivity index (χ0v) is 15.9. The third-order valence-corrected chi connectivity index (χ3v) is 8.62. The summed E-state index contributed by atoms with van der Waals surface area (Å²) in [6, 6.07) is 5.68. The fourth-order valence-electron chi connectivity index (χ4n) is 3.46. The van der Waals surface area contributed by atoms with Gasteiger partial charge in [0, 0.05) is 28.9 Å². The van der Waals surface area contributed by atoms with Gasteiger partial charge in [-0.2, -0.15) is 0 Å². The van der Waals surface area contributed by atoms with E-state index in [9.17, 15) is 23.9 Å². The lowest BCUT2D eigenvalue weighted by atomic mass is 9.70. The Balaban J connectivity index is 1.71. The van der Waals surface area contributed by atoms with Gasteiger partial charge in [-0.25, -0.2) is 0 Å². The molecule has 2 fully saturated rings. The highest BCUT2D eigenvalue weighted by atomic mass is 79.9. The van der Waals surface area contributed by atoms with E-state index in [1.165, 1.54) is 24.3 Å². The summed E-state index contributed by atoms with van der Waals surface area (Å²) in [5, 5.41) is 10.3. The first-order valence-electron chi connectivity index (χ1n) is 7.64. The fourth-order valence-corrected chi connectivity index (χ4v) is 6.79. The summed E-state index contributed by atoms with van der Waals surface area (Å²) < 4.78 is 17.1. The molecule has 0 amide bonds. The lowest BCUT2D eigenvalue weighted by Crippen LogP contribution is -2.54. The smallest absolute Gasteiger partial charge is 0.311 e. The van der Waals surface area contributed by atoms with Crippen LogP contribution < -0.4 is 0 Å². The van der Waals surface area contributed by atoms with E-state index in [0.29, 0.717) is 5.56 Å². The van der Waals surface area contributed by atoms with Crippen molar-refractivity contribution in [2.75, 3.05) is 0 Å². The van der Waals surface area contributed by atoms with E-state index in [4.69, 9.17) is 4.74 Å². The quantitative estimate of drug-likeness (QED) is 0.314. The van der Waals surface area contributed by atoms with Crippen LogP contribution in [0.1, 0.15) is 19.4 Å². The number of nitro benzene ring substituents is 1. The number of Topliss-reactive ketones (excluding diaryl/α,β-unsaturated/α-hetero) is 1. The minimum Gasteiger partial charge on any atom is -0.461 e. The van der Waals surface area contributed by atoms with Crippen LogP contribution in [0.4, 0.5) is 5.69 Å². The molecule has 3 rings (SSSR count). The Morgan fingerprint density at radius 2 is 1.96 bits per heavy atom. The number of esters is 1. The van der Waals surface area contributed by atoms with Crippen LogP contribution in [-0.2, 0) is 31.7 Å². The van der Waals surface area contributed by atoms with Crippen molar-refractivity contribution in [2.45, 2.75) is 35.3 Å². The number of nitrogens with zero attached hydrogens (tertiary/aromatic N) is 1. The average Bonchev–Trinajstić information content (AvgIpc) is 2.77. The standard InChI is InChI=1S/C16H16BrNO6S/c1-16(2)11(10-13(19)12(17)14(10)25(16)23)15(20)24-7-8-3-5-9(6-4-8)18(21)22/h3-6,10-12,14H,7H2,1-2H3/t10?,11-,12-,14?,25?/m0/s1. The average molecular weight is 430 g/mol. The van der Waals surface area contributed by atoms with Crippen LogP contribution in [0, 0.1) is 22.0 Å². The van der Waals surface area contributed by atoms with Crippen molar-refractivity contribution in [3.63, 3.8) is 0 Å². The van der Waals surface area contributed by atoms with Gasteiger partial charge in [-0.3, -0.25) is 23.9 Å². The second-order valence-corrected chi connectivity index (χ2v) is 9.88. The van der Waals surface area contributed by atoms with E-state index < -0.39 is 43.1 Å². The summed E-state index contributed by atoms with van der Waals surface area (Å²) in [6.45, 7) is 3.37. The summed E-state index contributed by atoms with van der Waals surface area (Å²) in [4.78, 5) is 34.3. The molecule has 25 heavy (non-hydrogen) atoms. The number of ether oxygens (including phenoxy) is 1. The van der Waals surface area contributed by atoms with Crippen molar-refractivity contribution in [1.82, 2.24) is 0 Å². The highest BCUT2D eigenvalue weighted by Gasteiger charge is 2.69. The Hall–Kier alpha value is -1.61. The zero-order chi connectivity index (χ0) is 18.5. The number of non-ortho nitro benzene ring substituents is 1. The number of hydrogen-bond donors (Lipinski definition) is 0. The van der Waals surface area contributed by atoms with Gasteiger partial charge >= 0.3 is 5.97 Å². The van der Waals surface area contributed by atoms with Crippen molar-refractivity contribution in [2.24, 2.45) is 11.8 Å². The highest BCUT2D eigenvalue weighted by molar-refractivity contribution is 9.10. The summed E-state index contributed by atoms with van der Waals surface area (Å²) >= 11 is 3.25. The summed E-state index contributed by atoms with van der Waals surface area (Å²) in [7, 11) is -1.32. The largest absolute Gasteiger partial charge is 0.461 e. The molecule has 3 unspecified atom stereocenters. The third kappa shape index (κ3) is 2.83. The Labute approximate surface area is 154 Å². The van der Waals surface area contributed by atoms with Crippen molar-refractivity contribution in [1.29, 1.82) is 0 Å². The summed E-state index contributed by atoms with van der Waals surface area (Å²) in [6.07, 6.45) is 0. The maximum atomic E-state index is 12.6. The molecule has 1 aromatic rings. The Kier molecular flexibility index (Phi) is 4.57. The highest BCUT2D eigenvalue weighted by Crippen LogP contribution is 2.53. The first-order chi connectivity index (χ1) is 11.7. The minimum atomic E-state index is -1.32. The van der Waals surface area contributed by atoms with E-state index in [2.05, 4.69) is 15.9 Å². The van der Waals surface area contributed by atoms with Crippen molar-refractivity contribution in [3.8, 4) is 0 Å². The number of hydrogen-bond acceptors (Lipinski definition) is 6. The number of carbonyl (C=O) groups is 2. The number of benzene rings is 1. The number of carbonyl (C=O) groups excluding carboxylic acids is 2. The molecular weight excluding hydrogens is 414 g/mol. The van der Waals surface area contributed by atoms with Crippen LogP contribution in [0.15, 0.2) is 24.3 Å². The predicted molar refractivity (Wildman–Crippen MR) is 93.6 cm³/mol. The number of rotatable bonds is 4. The maximum absolute atomic E-state index is 12.6. The van der Waals surface area contributed by atoms with Crippen LogP contribution in [0.25, 0.3) is 0 Å². The van der Waals surface area contributed by atoms with Crippen molar-refractivity contribution in [3.05, 3.63) is 39.9 Å². The second-order valence-electron chi connectivity index (χ2n) is 6.70. The lowest BCUT2D eigenvalue weighted by molar-refractivity contribution is -0.384. The van der Waals surface area contributed by atoms with Gasteiger partial charge in [0.2, 0.25) is 0 Å². The summed E-state index contributed by atoms with van der Waals surface area (Å²) in [5.41, 5.74) is 0.555. The van der Waals surface area contributed by atoms with E-state index in [0.717, 1.165) is 0 Å². The number of fused-ring (bicyclic) bond motifs is 1. The van der Waals surface area contributed by atoms with E-state index in [-0.39, 0.29) is 23.3 Å². The van der Waals surface area contributed by atoms with Crippen LogP contribution in [0.5, 0.6) is 0 Å². The molecule has 0 radical (unpaired) electrons. The molecule has 7 nitrogen and oxygen atoms in total. The molecule has 1 aromatic carbocycles. The van der Waals surface area contributed by atoms with Crippen molar-refractivity contribution >= 4 is 44.2 Å². The number of alkyl halides is 1. The zero-order valence-electron chi connectivity index (χ0n) is 13.5. The van der Waals surface area contributed by atoms with Gasteiger partial charge in [0.05, 0.1) is 25.7 Å². The van der Waals surface area contributed by atoms with E-state index >= 15 is 0 Å². The first-order valence-corrected chi connectivity index (χ1v) is 9.77. The fraction of sp³-hybridized carbons (Fsp3) is 0.500. The van der Waals surface area contributed by atoms with Gasteiger partial charge in [0.15, 0.2) is 5.78 Å². The van der Waals surface area contributed by atoms with E-state index in [1.807, 2.05) is 0 Å². The van der Waals surface area contributed by atoms with Gasteiger partial charge in [-0.1, -0.05) is 15.9 Å². The number of halogens is 1. The van der Waals surface area contributed by atoms with Gasteiger partial charge in [-0.15, -0.1) is 0 Å². The second kappa shape index (κ2) is 6.28. The molecule has 0 N–H and O–H groups in total. The molecule has 0 bridgehead atoms. The lowest BCUT2D eigenvalue weighted by Gasteiger charge is -2.35. The van der Waals surface area contributed by atoms with E-state index in [1.54, 1.807) is 13.8 Å². The number of nitro groups is 1. The van der Waals surface area contributed by atoms with Gasteiger partial charge in [-0.05, 0) is 31.5 Å². The molecular formula is C16H16BrNO6S. The molecule has 1 heterocycles. The minimum absolute atomic E-state index is 0.0475. The third-order valence-electron chi connectivity index (χ3n) is 4.90. The Bertz CT molecular complexity index is 777. The van der Waals surface area contributed by atoms with Crippen LogP contribution >= 0.6 is 15.9 Å². The molecule has 9 heteroatoms. The van der Waals surface area contributed by atoms with Crippen molar-refractivity contribution < 1.29 is 23.5 Å². The molecule has 134 valence electrons. The molecule has 0 spiro atoms. The van der Waals surface area contributed by atoms with Gasteiger partial charge < -0.3 is 4.74 Å². The molecule has 1 aliphatic carbocycles. The molecule has 2 aliphatic rings. The number of ketones is 1. The first kappa shape index (κ1) is 18.2. The Morgan fingerprint density at radius 1 is 1.36 bits per heavy atom. The SMILES string of the molecule is CC1(C)[C@H](C(=O)OCc2ccc([N+](=O)[O-])cc2)C2C(=O)[C@H](Br)C2S1=O. The molecule has 0 aromatic heterocycles.